The fourth-order valence-corrected chi connectivity index (χ4v) is 3.30. The first-order chi connectivity index (χ1) is 10.6. The van der Waals surface area contributed by atoms with Crippen molar-refractivity contribution >= 4 is 17.6 Å². The van der Waals surface area contributed by atoms with Crippen LogP contribution in [0.5, 0.6) is 5.75 Å². The first-order valence-corrected chi connectivity index (χ1v) is 7.91. The Hall–Kier alpha value is -2.04. The maximum atomic E-state index is 12.4. The van der Waals surface area contributed by atoms with E-state index in [2.05, 4.69) is 26.1 Å². The van der Waals surface area contributed by atoms with E-state index in [1.54, 1.807) is 11.0 Å². The van der Waals surface area contributed by atoms with E-state index in [1.165, 1.54) is 0 Å². The quantitative estimate of drug-likeness (QED) is 0.685. The summed E-state index contributed by atoms with van der Waals surface area (Å²) in [5, 5.41) is 3.07. The fraction of sp³-hybridized carbons (Fsp3) is 0.556. The molecule has 0 atom stereocenters. The highest BCUT2D eigenvalue weighted by Gasteiger charge is 2.29. The van der Waals surface area contributed by atoms with Crippen LogP contribution in [-0.2, 0) is 9.59 Å². The number of esters is 1. The number of benzene rings is 1. The molecular formula is C18H26N2O3. The summed E-state index contributed by atoms with van der Waals surface area (Å²) in [6.07, 6.45) is 0.865. The van der Waals surface area contributed by atoms with Gasteiger partial charge < -0.3 is 15.0 Å². The summed E-state index contributed by atoms with van der Waals surface area (Å²) in [4.78, 5) is 25.9. The Morgan fingerprint density at radius 1 is 1.22 bits per heavy atom. The summed E-state index contributed by atoms with van der Waals surface area (Å²) in [5.74, 6) is 0.0692. The van der Waals surface area contributed by atoms with E-state index in [1.807, 2.05) is 32.0 Å². The minimum atomic E-state index is -0.342. The number of fused-ring (bicyclic) bond motifs is 1. The third-order valence-electron chi connectivity index (χ3n) is 3.53. The molecule has 23 heavy (non-hydrogen) atoms. The summed E-state index contributed by atoms with van der Waals surface area (Å²) >= 11 is 0. The van der Waals surface area contributed by atoms with Gasteiger partial charge in [0.15, 0.2) is 5.75 Å². The van der Waals surface area contributed by atoms with Crippen molar-refractivity contribution in [2.24, 2.45) is 5.41 Å². The Labute approximate surface area is 138 Å². The van der Waals surface area contributed by atoms with Crippen molar-refractivity contribution in [3.63, 3.8) is 0 Å². The highest BCUT2D eigenvalue weighted by atomic mass is 16.5. The highest BCUT2D eigenvalue weighted by Crippen LogP contribution is 2.31. The molecule has 1 aromatic rings. The number of para-hydroxylation sites is 2. The molecule has 0 saturated heterocycles. The Morgan fingerprint density at radius 3 is 2.52 bits per heavy atom. The number of nitrogens with one attached hydrogen (secondary N) is 1. The van der Waals surface area contributed by atoms with E-state index < -0.39 is 0 Å². The molecule has 0 aromatic heterocycles. The number of rotatable bonds is 4. The number of carbonyl (C=O) groups excluding carboxylic acids is 2. The fourth-order valence-electron chi connectivity index (χ4n) is 3.30. The number of anilines is 1. The minimum Gasteiger partial charge on any atom is -0.423 e. The van der Waals surface area contributed by atoms with Crippen LogP contribution in [0.25, 0.3) is 0 Å². The molecule has 1 N–H and O–H groups in total. The molecule has 2 rings (SSSR count). The van der Waals surface area contributed by atoms with Crippen molar-refractivity contribution in [2.45, 2.75) is 46.6 Å². The van der Waals surface area contributed by atoms with Crippen molar-refractivity contribution in [2.75, 3.05) is 18.0 Å². The molecule has 0 aliphatic carbocycles. The molecule has 1 aromatic carbocycles. The molecule has 0 radical (unpaired) electrons. The van der Waals surface area contributed by atoms with E-state index >= 15 is 0 Å². The Morgan fingerprint density at radius 2 is 1.87 bits per heavy atom. The van der Waals surface area contributed by atoms with Crippen molar-refractivity contribution in [1.29, 1.82) is 0 Å². The number of hydrogen-bond donors (Lipinski definition) is 1. The van der Waals surface area contributed by atoms with Gasteiger partial charge in [0.2, 0.25) is 5.91 Å². The van der Waals surface area contributed by atoms with Crippen LogP contribution in [0.2, 0.25) is 0 Å². The van der Waals surface area contributed by atoms with E-state index in [-0.39, 0.29) is 35.9 Å². The van der Waals surface area contributed by atoms with E-state index in [0.717, 1.165) is 12.1 Å². The van der Waals surface area contributed by atoms with Crippen LogP contribution in [-0.4, -0.2) is 30.5 Å². The Bertz CT molecular complexity index is 603. The first-order valence-electron chi connectivity index (χ1n) is 7.91. The molecule has 5 heteroatoms. The lowest BCUT2D eigenvalue weighted by Crippen LogP contribution is -2.50. The summed E-state index contributed by atoms with van der Waals surface area (Å²) < 4.78 is 5.20. The minimum absolute atomic E-state index is 0.0874. The van der Waals surface area contributed by atoms with Crippen molar-refractivity contribution in [1.82, 2.24) is 5.32 Å². The summed E-state index contributed by atoms with van der Waals surface area (Å²) in [6.45, 7) is 10.7. The van der Waals surface area contributed by atoms with Crippen LogP contribution < -0.4 is 15.0 Å². The van der Waals surface area contributed by atoms with E-state index in [4.69, 9.17) is 4.74 Å². The number of nitrogens with zero attached hydrogens (tertiary/aromatic N) is 1. The topological polar surface area (TPSA) is 58.6 Å². The van der Waals surface area contributed by atoms with Gasteiger partial charge in [-0.25, -0.2) is 4.79 Å². The lowest BCUT2D eigenvalue weighted by molar-refractivity contribution is -0.133. The predicted octanol–water partition coefficient (Wildman–Crippen LogP) is 2.74. The van der Waals surface area contributed by atoms with Gasteiger partial charge in [0, 0.05) is 5.54 Å². The first kappa shape index (κ1) is 17.3. The van der Waals surface area contributed by atoms with Gasteiger partial charge in [-0.1, -0.05) is 32.9 Å². The summed E-state index contributed by atoms with van der Waals surface area (Å²) in [5.41, 5.74) is 0.597. The molecular weight excluding hydrogens is 292 g/mol. The molecule has 1 aliphatic rings. The molecule has 5 nitrogen and oxygen atoms in total. The van der Waals surface area contributed by atoms with Crippen LogP contribution in [0.4, 0.5) is 5.69 Å². The zero-order valence-electron chi connectivity index (χ0n) is 14.6. The molecule has 1 heterocycles. The monoisotopic (exact) mass is 318 g/mol. The number of ether oxygens (including phenoxy) is 1. The second-order valence-corrected chi connectivity index (χ2v) is 7.97. The largest absolute Gasteiger partial charge is 0.423 e. The zero-order valence-corrected chi connectivity index (χ0v) is 14.6. The average molecular weight is 318 g/mol. The van der Waals surface area contributed by atoms with Crippen LogP contribution in [0, 0.1) is 5.41 Å². The lowest BCUT2D eigenvalue weighted by Gasteiger charge is -2.35. The number of hydrogen-bond acceptors (Lipinski definition) is 4. The van der Waals surface area contributed by atoms with Gasteiger partial charge in [0.05, 0.1) is 12.2 Å². The second-order valence-electron chi connectivity index (χ2n) is 7.97. The SMILES string of the molecule is CC(C)(C)CC(C)(C)NC(=O)CN1CC(=O)Oc2ccccc21. The second kappa shape index (κ2) is 6.22. The number of amides is 1. The van der Waals surface area contributed by atoms with Gasteiger partial charge in [-0.05, 0) is 37.8 Å². The standard InChI is InChI=1S/C18H26N2O3/c1-17(2,3)12-18(4,5)19-15(21)10-20-11-16(22)23-14-9-7-6-8-13(14)20/h6-9H,10-12H2,1-5H3,(H,19,21). The average Bonchev–Trinajstić information content (AvgIpc) is 2.34. The molecule has 0 unspecified atom stereocenters. The van der Waals surface area contributed by atoms with Crippen molar-refractivity contribution in [3.8, 4) is 5.75 Å². The normalized spacial score (nSPS) is 15.0. The van der Waals surface area contributed by atoms with Crippen LogP contribution in [0.3, 0.4) is 0 Å². The van der Waals surface area contributed by atoms with Gasteiger partial charge in [-0.3, -0.25) is 4.79 Å². The highest BCUT2D eigenvalue weighted by molar-refractivity contribution is 5.89. The molecule has 0 spiro atoms. The molecule has 1 aliphatic heterocycles. The maximum absolute atomic E-state index is 12.4. The van der Waals surface area contributed by atoms with Gasteiger partial charge in [-0.2, -0.15) is 0 Å². The molecule has 0 fully saturated rings. The molecule has 0 saturated carbocycles. The third kappa shape index (κ3) is 4.98. The van der Waals surface area contributed by atoms with E-state index in [0.29, 0.717) is 5.75 Å². The van der Waals surface area contributed by atoms with Crippen LogP contribution in [0.15, 0.2) is 24.3 Å². The molecule has 126 valence electrons. The van der Waals surface area contributed by atoms with Crippen molar-refractivity contribution < 1.29 is 14.3 Å². The van der Waals surface area contributed by atoms with Gasteiger partial charge in [0.25, 0.3) is 0 Å². The smallest absolute Gasteiger partial charge is 0.331 e. The Balaban J connectivity index is 2.05. The third-order valence-corrected chi connectivity index (χ3v) is 3.53. The predicted molar refractivity (Wildman–Crippen MR) is 90.6 cm³/mol. The number of carbonyl (C=O) groups is 2. The van der Waals surface area contributed by atoms with Crippen LogP contribution >= 0.6 is 0 Å². The van der Waals surface area contributed by atoms with Gasteiger partial charge >= 0.3 is 5.97 Å². The maximum Gasteiger partial charge on any atom is 0.331 e. The van der Waals surface area contributed by atoms with E-state index in [9.17, 15) is 9.59 Å². The van der Waals surface area contributed by atoms with Gasteiger partial charge in [-0.15, -0.1) is 0 Å². The lowest BCUT2D eigenvalue weighted by atomic mass is 9.82. The van der Waals surface area contributed by atoms with Gasteiger partial charge in [0.1, 0.15) is 6.54 Å². The van der Waals surface area contributed by atoms with Crippen molar-refractivity contribution in [3.05, 3.63) is 24.3 Å². The Kier molecular flexibility index (Phi) is 4.68. The van der Waals surface area contributed by atoms with Crippen LogP contribution in [0.1, 0.15) is 41.0 Å². The summed E-state index contributed by atoms with van der Waals surface area (Å²) in [6, 6.07) is 7.27. The molecule has 0 bridgehead atoms. The summed E-state index contributed by atoms with van der Waals surface area (Å²) in [7, 11) is 0. The zero-order chi connectivity index (χ0) is 17.3. The molecule has 1 amide bonds.